The van der Waals surface area contributed by atoms with E-state index in [4.69, 9.17) is 9.47 Å². The third-order valence-corrected chi connectivity index (χ3v) is 2.48. The molecule has 0 aliphatic rings. The van der Waals surface area contributed by atoms with Gasteiger partial charge in [-0.05, 0) is 37.6 Å². The van der Waals surface area contributed by atoms with Crippen molar-refractivity contribution in [1.29, 1.82) is 0 Å². The number of hydrogen-bond acceptors (Lipinski definition) is 3. The van der Waals surface area contributed by atoms with Crippen molar-refractivity contribution in [2.75, 3.05) is 26.9 Å². The minimum atomic E-state index is -0.291. The van der Waals surface area contributed by atoms with E-state index in [-0.39, 0.29) is 17.9 Å². The van der Waals surface area contributed by atoms with Crippen LogP contribution in [-0.4, -0.2) is 38.9 Å². The van der Waals surface area contributed by atoms with Crippen LogP contribution < -0.4 is 15.4 Å². The third kappa shape index (κ3) is 6.94. The van der Waals surface area contributed by atoms with E-state index in [2.05, 4.69) is 10.6 Å². The number of benzene rings is 1. The fraction of sp³-hybridized carbons (Fsp3) is 0.500. The molecule has 1 aromatic rings. The topological polar surface area (TPSA) is 59.6 Å². The van der Waals surface area contributed by atoms with Crippen molar-refractivity contribution in [3.8, 4) is 5.75 Å². The first-order valence-corrected chi connectivity index (χ1v) is 6.53. The van der Waals surface area contributed by atoms with Crippen molar-refractivity contribution in [2.24, 2.45) is 0 Å². The Labute approximate surface area is 118 Å². The van der Waals surface area contributed by atoms with Gasteiger partial charge >= 0.3 is 6.03 Å². The van der Waals surface area contributed by atoms with Crippen molar-refractivity contribution < 1.29 is 18.7 Å². The molecular formula is C14H21FN2O3. The van der Waals surface area contributed by atoms with E-state index in [9.17, 15) is 9.18 Å². The predicted molar refractivity (Wildman–Crippen MR) is 74.4 cm³/mol. The van der Waals surface area contributed by atoms with Crippen LogP contribution in [0, 0.1) is 5.82 Å². The fourth-order valence-electron chi connectivity index (χ4n) is 1.56. The summed E-state index contributed by atoms with van der Waals surface area (Å²) in [7, 11) is 1.59. The molecule has 0 heterocycles. The zero-order valence-corrected chi connectivity index (χ0v) is 11.8. The average Bonchev–Trinajstić information content (AvgIpc) is 2.40. The lowest BCUT2D eigenvalue weighted by molar-refractivity contribution is 0.171. The number of ether oxygens (including phenoxy) is 2. The summed E-state index contributed by atoms with van der Waals surface area (Å²) in [4.78, 5) is 11.4. The molecule has 0 radical (unpaired) electrons. The Hall–Kier alpha value is -1.82. The Balaban J connectivity index is 2.07. The van der Waals surface area contributed by atoms with Gasteiger partial charge in [0.25, 0.3) is 0 Å². The first-order valence-electron chi connectivity index (χ1n) is 6.53. The second kappa shape index (κ2) is 9.14. The van der Waals surface area contributed by atoms with Crippen LogP contribution in [0.4, 0.5) is 9.18 Å². The molecule has 0 aromatic heterocycles. The standard InChI is InChI=1S/C14H21FN2O3/c1-11(10-19-2)17-14(18)16-8-3-9-20-13-6-4-12(15)5-7-13/h4-7,11H,3,8-10H2,1-2H3,(H2,16,17,18)/t11-/m0/s1. The van der Waals surface area contributed by atoms with Crippen LogP contribution >= 0.6 is 0 Å². The number of nitrogens with one attached hydrogen (secondary N) is 2. The van der Waals surface area contributed by atoms with Crippen LogP contribution in [-0.2, 0) is 4.74 Å². The van der Waals surface area contributed by atoms with Gasteiger partial charge in [0.2, 0.25) is 0 Å². The van der Waals surface area contributed by atoms with E-state index >= 15 is 0 Å². The summed E-state index contributed by atoms with van der Waals surface area (Å²) in [6.45, 7) is 3.30. The fourth-order valence-corrected chi connectivity index (χ4v) is 1.56. The molecular weight excluding hydrogens is 263 g/mol. The van der Waals surface area contributed by atoms with Crippen LogP contribution in [0.5, 0.6) is 5.75 Å². The summed E-state index contributed by atoms with van der Waals surface area (Å²) in [6, 6.07) is 5.58. The number of amides is 2. The molecule has 0 aliphatic carbocycles. The normalized spacial score (nSPS) is 11.8. The van der Waals surface area contributed by atoms with Crippen LogP contribution in [0.15, 0.2) is 24.3 Å². The van der Waals surface area contributed by atoms with Crippen molar-refractivity contribution in [3.63, 3.8) is 0 Å². The van der Waals surface area contributed by atoms with Gasteiger partial charge in [0.05, 0.1) is 19.3 Å². The first-order chi connectivity index (χ1) is 9.61. The molecule has 1 atom stereocenters. The largest absolute Gasteiger partial charge is 0.494 e. The van der Waals surface area contributed by atoms with Gasteiger partial charge in [-0.15, -0.1) is 0 Å². The SMILES string of the molecule is COC[C@H](C)NC(=O)NCCCOc1ccc(F)cc1. The van der Waals surface area contributed by atoms with E-state index in [0.29, 0.717) is 31.9 Å². The Morgan fingerprint density at radius 3 is 2.70 bits per heavy atom. The molecule has 0 spiro atoms. The quantitative estimate of drug-likeness (QED) is 0.717. The zero-order valence-electron chi connectivity index (χ0n) is 11.8. The lowest BCUT2D eigenvalue weighted by atomic mass is 10.3. The zero-order chi connectivity index (χ0) is 14.8. The summed E-state index contributed by atoms with van der Waals surface area (Å²) < 4.78 is 23.0. The first kappa shape index (κ1) is 16.2. The predicted octanol–water partition coefficient (Wildman–Crippen LogP) is 1.93. The minimum Gasteiger partial charge on any atom is -0.494 e. The van der Waals surface area contributed by atoms with Gasteiger partial charge in [-0.25, -0.2) is 9.18 Å². The van der Waals surface area contributed by atoms with Crippen LogP contribution in [0.3, 0.4) is 0 Å². The Morgan fingerprint density at radius 1 is 1.35 bits per heavy atom. The lowest BCUT2D eigenvalue weighted by Gasteiger charge is -2.13. The van der Waals surface area contributed by atoms with Crippen molar-refractivity contribution in [3.05, 3.63) is 30.1 Å². The monoisotopic (exact) mass is 284 g/mol. The van der Waals surface area contributed by atoms with E-state index < -0.39 is 0 Å². The molecule has 5 nitrogen and oxygen atoms in total. The number of urea groups is 1. The number of methoxy groups -OCH3 is 1. The number of carbonyl (C=O) groups is 1. The van der Waals surface area contributed by atoms with Crippen LogP contribution in [0.25, 0.3) is 0 Å². The Bertz CT molecular complexity index is 398. The Morgan fingerprint density at radius 2 is 2.05 bits per heavy atom. The molecule has 2 amide bonds. The van der Waals surface area contributed by atoms with E-state index in [1.54, 1.807) is 19.2 Å². The molecule has 112 valence electrons. The highest BCUT2D eigenvalue weighted by Crippen LogP contribution is 2.10. The summed E-state index contributed by atoms with van der Waals surface area (Å²) in [6.07, 6.45) is 0.670. The highest BCUT2D eigenvalue weighted by atomic mass is 19.1. The van der Waals surface area contributed by atoms with Crippen LogP contribution in [0.2, 0.25) is 0 Å². The van der Waals surface area contributed by atoms with E-state index in [1.807, 2.05) is 6.92 Å². The van der Waals surface area contributed by atoms with Gasteiger partial charge in [-0.1, -0.05) is 0 Å². The number of carbonyl (C=O) groups excluding carboxylic acids is 1. The maximum Gasteiger partial charge on any atom is 0.315 e. The number of halogens is 1. The third-order valence-electron chi connectivity index (χ3n) is 2.48. The molecule has 2 N–H and O–H groups in total. The van der Waals surface area contributed by atoms with Crippen molar-refractivity contribution >= 4 is 6.03 Å². The van der Waals surface area contributed by atoms with Gasteiger partial charge < -0.3 is 20.1 Å². The number of rotatable bonds is 8. The second-order valence-corrected chi connectivity index (χ2v) is 4.41. The maximum absolute atomic E-state index is 12.7. The molecule has 0 fully saturated rings. The van der Waals surface area contributed by atoms with Crippen LogP contribution in [0.1, 0.15) is 13.3 Å². The second-order valence-electron chi connectivity index (χ2n) is 4.41. The summed E-state index contributed by atoms with van der Waals surface area (Å²) in [5.41, 5.74) is 0. The highest BCUT2D eigenvalue weighted by Gasteiger charge is 2.05. The lowest BCUT2D eigenvalue weighted by Crippen LogP contribution is -2.43. The molecule has 0 bridgehead atoms. The molecule has 1 rings (SSSR count). The van der Waals surface area contributed by atoms with E-state index in [1.165, 1.54) is 12.1 Å². The maximum atomic E-state index is 12.7. The van der Waals surface area contributed by atoms with E-state index in [0.717, 1.165) is 0 Å². The average molecular weight is 284 g/mol. The Kier molecular flexibility index (Phi) is 7.42. The van der Waals surface area contributed by atoms with Gasteiger partial charge in [0.15, 0.2) is 0 Å². The molecule has 20 heavy (non-hydrogen) atoms. The van der Waals surface area contributed by atoms with Gasteiger partial charge in [0.1, 0.15) is 11.6 Å². The summed E-state index contributed by atoms with van der Waals surface area (Å²) in [5, 5.41) is 5.46. The molecule has 0 aliphatic heterocycles. The van der Waals surface area contributed by atoms with Crippen molar-refractivity contribution in [1.82, 2.24) is 10.6 Å². The summed E-state index contributed by atoms with van der Waals surface area (Å²) >= 11 is 0. The van der Waals surface area contributed by atoms with Crippen molar-refractivity contribution in [2.45, 2.75) is 19.4 Å². The van der Waals surface area contributed by atoms with Gasteiger partial charge in [-0.2, -0.15) is 0 Å². The molecule has 6 heteroatoms. The van der Waals surface area contributed by atoms with Gasteiger partial charge in [0, 0.05) is 13.7 Å². The molecule has 0 saturated carbocycles. The highest BCUT2D eigenvalue weighted by molar-refractivity contribution is 5.74. The molecule has 0 unspecified atom stereocenters. The summed E-state index contributed by atoms with van der Waals surface area (Å²) in [5.74, 6) is 0.324. The smallest absolute Gasteiger partial charge is 0.315 e. The number of hydrogen-bond donors (Lipinski definition) is 2. The molecule has 1 aromatic carbocycles. The van der Waals surface area contributed by atoms with Gasteiger partial charge in [-0.3, -0.25) is 0 Å². The molecule has 0 saturated heterocycles. The minimum absolute atomic E-state index is 0.0320.